The molecule has 0 radical (unpaired) electrons. The molecule has 0 aliphatic carbocycles. The van der Waals surface area contributed by atoms with Crippen molar-refractivity contribution in [2.75, 3.05) is 6.54 Å². The van der Waals surface area contributed by atoms with E-state index < -0.39 is 5.97 Å². The van der Waals surface area contributed by atoms with Gasteiger partial charge in [-0.05, 0) is 25.5 Å². The lowest BCUT2D eigenvalue weighted by atomic mass is 10.2. The molecule has 104 valence electrons. The molecule has 0 saturated heterocycles. The molecule has 0 aliphatic heterocycles. The third-order valence-corrected chi connectivity index (χ3v) is 2.75. The Morgan fingerprint density at radius 3 is 2.84 bits per heavy atom. The zero-order valence-electron chi connectivity index (χ0n) is 11.1. The maximum absolute atomic E-state index is 11.5. The van der Waals surface area contributed by atoms with Crippen LogP contribution in [0, 0.1) is 0 Å². The molecule has 0 aromatic carbocycles. The van der Waals surface area contributed by atoms with E-state index in [0.717, 1.165) is 6.42 Å². The van der Waals surface area contributed by atoms with Crippen LogP contribution in [0.2, 0.25) is 0 Å². The highest BCUT2D eigenvalue weighted by Gasteiger charge is 2.06. The number of rotatable bonds is 7. The smallest absolute Gasteiger partial charge is 0.335 e. The van der Waals surface area contributed by atoms with Gasteiger partial charge < -0.3 is 15.7 Å². The number of nitrogens with zero attached hydrogens (tertiary/aromatic N) is 1. The van der Waals surface area contributed by atoms with Gasteiger partial charge >= 0.3 is 5.97 Å². The van der Waals surface area contributed by atoms with Crippen LogP contribution in [0.25, 0.3) is 0 Å². The van der Waals surface area contributed by atoms with E-state index in [0.29, 0.717) is 11.7 Å². The van der Waals surface area contributed by atoms with Gasteiger partial charge in [0.2, 0.25) is 5.91 Å². The molecular weight excluding hydrogens is 246 g/mol. The summed E-state index contributed by atoms with van der Waals surface area (Å²) in [5.41, 5.74) is 0.689. The first-order chi connectivity index (χ1) is 9.02. The molecule has 1 aromatic rings. The van der Waals surface area contributed by atoms with Crippen molar-refractivity contribution in [1.29, 1.82) is 0 Å². The summed E-state index contributed by atoms with van der Waals surface area (Å²) < 4.78 is 0. The van der Waals surface area contributed by atoms with E-state index in [2.05, 4.69) is 15.6 Å². The second-order valence-corrected chi connectivity index (χ2v) is 4.31. The fourth-order valence-corrected chi connectivity index (χ4v) is 1.37. The zero-order valence-corrected chi connectivity index (χ0v) is 11.1. The van der Waals surface area contributed by atoms with Gasteiger partial charge in [-0.1, -0.05) is 6.92 Å². The molecule has 0 saturated carbocycles. The minimum atomic E-state index is -1.01. The van der Waals surface area contributed by atoms with Crippen molar-refractivity contribution in [3.63, 3.8) is 0 Å². The Morgan fingerprint density at radius 1 is 1.47 bits per heavy atom. The third kappa shape index (κ3) is 5.48. The van der Waals surface area contributed by atoms with E-state index in [-0.39, 0.29) is 24.6 Å². The van der Waals surface area contributed by atoms with Gasteiger partial charge in [-0.2, -0.15) is 0 Å². The largest absolute Gasteiger partial charge is 0.478 e. The van der Waals surface area contributed by atoms with Gasteiger partial charge in [0.1, 0.15) is 0 Å². The predicted molar refractivity (Wildman–Crippen MR) is 70.8 cm³/mol. The summed E-state index contributed by atoms with van der Waals surface area (Å²) in [6.45, 7) is 4.51. The molecule has 1 unspecified atom stereocenters. The van der Waals surface area contributed by atoms with E-state index in [1.54, 1.807) is 0 Å². The first kappa shape index (κ1) is 15.1. The van der Waals surface area contributed by atoms with E-state index in [1.807, 2.05) is 13.8 Å². The number of amides is 1. The number of carbonyl (C=O) groups is 2. The summed E-state index contributed by atoms with van der Waals surface area (Å²) >= 11 is 0. The predicted octanol–water partition coefficient (Wildman–Crippen LogP) is 0.784. The third-order valence-electron chi connectivity index (χ3n) is 2.75. The number of hydrogen-bond acceptors (Lipinski definition) is 4. The fraction of sp³-hybridized carbons (Fsp3) is 0.462. The van der Waals surface area contributed by atoms with Gasteiger partial charge in [0, 0.05) is 12.2 Å². The number of carbonyl (C=O) groups excluding carboxylic acids is 1. The van der Waals surface area contributed by atoms with Crippen LogP contribution in [0.5, 0.6) is 0 Å². The maximum Gasteiger partial charge on any atom is 0.335 e. The van der Waals surface area contributed by atoms with E-state index in [1.165, 1.54) is 18.3 Å². The topological polar surface area (TPSA) is 91.3 Å². The summed E-state index contributed by atoms with van der Waals surface area (Å²) in [4.78, 5) is 26.3. The van der Waals surface area contributed by atoms with Crippen LogP contribution < -0.4 is 10.6 Å². The highest BCUT2D eigenvalue weighted by molar-refractivity contribution is 5.87. The van der Waals surface area contributed by atoms with Crippen LogP contribution in [-0.4, -0.2) is 34.6 Å². The molecule has 0 bridgehead atoms. The van der Waals surface area contributed by atoms with Gasteiger partial charge in [-0.25, -0.2) is 4.79 Å². The standard InChI is InChI=1S/C13H19N3O3/c1-3-9(2)15-8-12(17)16-7-11-6-10(13(18)19)4-5-14-11/h4-6,9,15H,3,7-8H2,1-2H3,(H,16,17)(H,18,19). The Hall–Kier alpha value is -1.95. The second-order valence-electron chi connectivity index (χ2n) is 4.31. The first-order valence-electron chi connectivity index (χ1n) is 6.21. The minimum Gasteiger partial charge on any atom is -0.478 e. The molecule has 1 aromatic heterocycles. The number of aromatic carboxylic acids is 1. The quantitative estimate of drug-likeness (QED) is 0.678. The summed E-state index contributed by atoms with van der Waals surface area (Å²) in [7, 11) is 0. The van der Waals surface area contributed by atoms with E-state index in [4.69, 9.17) is 5.11 Å². The molecular formula is C13H19N3O3. The molecule has 0 aliphatic rings. The van der Waals surface area contributed by atoms with E-state index >= 15 is 0 Å². The monoisotopic (exact) mass is 265 g/mol. The molecule has 0 fully saturated rings. The Balaban J connectivity index is 2.42. The number of aromatic nitrogens is 1. The SMILES string of the molecule is CCC(C)NCC(=O)NCc1cc(C(=O)O)ccn1. The summed E-state index contributed by atoms with van der Waals surface area (Å²) in [5, 5.41) is 14.6. The molecule has 6 nitrogen and oxygen atoms in total. The summed E-state index contributed by atoms with van der Waals surface area (Å²) in [5.74, 6) is -1.14. The van der Waals surface area contributed by atoms with Crippen molar-refractivity contribution < 1.29 is 14.7 Å². The lowest BCUT2D eigenvalue weighted by Crippen LogP contribution is -2.37. The van der Waals surface area contributed by atoms with E-state index in [9.17, 15) is 9.59 Å². The zero-order chi connectivity index (χ0) is 14.3. The number of carboxylic acid groups (broad SMARTS) is 1. The van der Waals surface area contributed by atoms with Crippen molar-refractivity contribution in [1.82, 2.24) is 15.6 Å². The molecule has 1 atom stereocenters. The van der Waals surface area contributed by atoms with Crippen LogP contribution in [0.1, 0.15) is 36.3 Å². The number of carboxylic acids is 1. The summed E-state index contributed by atoms with van der Waals surface area (Å²) in [6.07, 6.45) is 2.37. The van der Waals surface area contributed by atoms with Crippen molar-refractivity contribution in [3.05, 3.63) is 29.6 Å². The lowest BCUT2D eigenvalue weighted by Gasteiger charge is -2.11. The molecule has 19 heavy (non-hydrogen) atoms. The second kappa shape index (κ2) is 7.48. The first-order valence-corrected chi connectivity index (χ1v) is 6.21. The van der Waals surface area contributed by atoms with Gasteiger partial charge in [-0.15, -0.1) is 0 Å². The number of nitrogens with one attached hydrogen (secondary N) is 2. The van der Waals surface area contributed by atoms with Crippen LogP contribution >= 0.6 is 0 Å². The molecule has 3 N–H and O–H groups in total. The minimum absolute atomic E-state index is 0.136. The number of pyridine rings is 1. The average Bonchev–Trinajstić information content (AvgIpc) is 2.42. The van der Waals surface area contributed by atoms with Crippen molar-refractivity contribution in [3.8, 4) is 0 Å². The van der Waals surface area contributed by atoms with Crippen LogP contribution in [0.4, 0.5) is 0 Å². The van der Waals surface area contributed by atoms with Crippen LogP contribution in [0.15, 0.2) is 18.3 Å². The number of hydrogen-bond donors (Lipinski definition) is 3. The highest BCUT2D eigenvalue weighted by Crippen LogP contribution is 2.01. The van der Waals surface area contributed by atoms with Gasteiger partial charge in [0.05, 0.1) is 24.3 Å². The van der Waals surface area contributed by atoms with Crippen molar-refractivity contribution in [2.24, 2.45) is 0 Å². The Kier molecular flexibility index (Phi) is 5.95. The molecule has 0 spiro atoms. The fourth-order valence-electron chi connectivity index (χ4n) is 1.37. The highest BCUT2D eigenvalue weighted by atomic mass is 16.4. The normalized spacial score (nSPS) is 11.9. The van der Waals surface area contributed by atoms with Gasteiger partial charge in [0.15, 0.2) is 0 Å². The Labute approximate surface area is 112 Å². The van der Waals surface area contributed by atoms with Crippen LogP contribution in [0.3, 0.4) is 0 Å². The van der Waals surface area contributed by atoms with Crippen molar-refractivity contribution in [2.45, 2.75) is 32.9 Å². The lowest BCUT2D eigenvalue weighted by molar-refractivity contribution is -0.120. The molecule has 1 heterocycles. The molecule has 1 rings (SSSR count). The Bertz CT molecular complexity index is 449. The maximum atomic E-state index is 11.5. The van der Waals surface area contributed by atoms with Crippen molar-refractivity contribution >= 4 is 11.9 Å². The average molecular weight is 265 g/mol. The molecule has 6 heteroatoms. The van der Waals surface area contributed by atoms with Crippen LogP contribution in [-0.2, 0) is 11.3 Å². The molecule has 1 amide bonds. The summed E-state index contributed by atoms with van der Waals surface area (Å²) in [6, 6.07) is 3.15. The van der Waals surface area contributed by atoms with Gasteiger partial charge in [-0.3, -0.25) is 9.78 Å². The Morgan fingerprint density at radius 2 is 2.21 bits per heavy atom. The van der Waals surface area contributed by atoms with Gasteiger partial charge in [0.25, 0.3) is 0 Å².